The van der Waals surface area contributed by atoms with Gasteiger partial charge in [-0.1, -0.05) is 19.1 Å². The van der Waals surface area contributed by atoms with E-state index in [-0.39, 0.29) is 11.6 Å². The molecule has 0 aromatic heterocycles. The van der Waals surface area contributed by atoms with Gasteiger partial charge in [0.15, 0.2) is 0 Å². The molecule has 1 aromatic rings. The maximum absolute atomic E-state index is 6.13. The summed E-state index contributed by atoms with van der Waals surface area (Å²) in [6, 6.07) is 8.60. The van der Waals surface area contributed by atoms with Crippen LogP contribution in [-0.4, -0.2) is 25.4 Å². The molecule has 3 nitrogen and oxygen atoms in total. The fourth-order valence-electron chi connectivity index (χ4n) is 3.02. The first-order valence-corrected chi connectivity index (χ1v) is 7.79. The highest BCUT2D eigenvalue weighted by Gasteiger charge is 2.37. The minimum Gasteiger partial charge on any atom is -0.494 e. The molecule has 0 amide bonds. The summed E-state index contributed by atoms with van der Waals surface area (Å²) in [6.07, 6.45) is 3.51. The van der Waals surface area contributed by atoms with Gasteiger partial charge in [0.05, 0.1) is 18.2 Å². The summed E-state index contributed by atoms with van der Waals surface area (Å²) in [5.74, 6) is 0.937. The van der Waals surface area contributed by atoms with Crippen LogP contribution in [0.3, 0.4) is 0 Å². The topological polar surface area (TPSA) is 30.5 Å². The fraction of sp³-hybridized carbons (Fsp3) is 0.647. The van der Waals surface area contributed by atoms with Gasteiger partial charge in [0, 0.05) is 6.61 Å². The van der Waals surface area contributed by atoms with Crippen LogP contribution in [0.5, 0.6) is 5.75 Å². The van der Waals surface area contributed by atoms with E-state index < -0.39 is 0 Å². The number of hydrogen-bond acceptors (Lipinski definition) is 3. The Bertz CT molecular complexity index is 413. The Hall–Kier alpha value is -1.06. The number of ether oxygens (including phenoxy) is 2. The first-order valence-electron chi connectivity index (χ1n) is 7.79. The van der Waals surface area contributed by atoms with Crippen LogP contribution in [0.15, 0.2) is 24.3 Å². The number of likely N-dealkylation sites (N-methyl/N-ethyl adjacent to an activating group) is 1. The lowest BCUT2D eigenvalue weighted by molar-refractivity contribution is -0.0895. The summed E-state index contributed by atoms with van der Waals surface area (Å²) >= 11 is 0. The molecule has 0 saturated carbocycles. The second-order valence-electron chi connectivity index (χ2n) is 5.61. The highest BCUT2D eigenvalue weighted by Crippen LogP contribution is 2.37. The van der Waals surface area contributed by atoms with Crippen molar-refractivity contribution in [1.29, 1.82) is 0 Å². The van der Waals surface area contributed by atoms with E-state index in [1.807, 2.05) is 13.0 Å². The van der Waals surface area contributed by atoms with E-state index in [4.69, 9.17) is 9.47 Å². The van der Waals surface area contributed by atoms with E-state index >= 15 is 0 Å². The lowest BCUT2D eigenvalue weighted by Crippen LogP contribution is -2.45. The van der Waals surface area contributed by atoms with Gasteiger partial charge in [-0.2, -0.15) is 0 Å². The Kier molecular flexibility index (Phi) is 5.44. The molecule has 2 atom stereocenters. The fourth-order valence-corrected chi connectivity index (χ4v) is 3.02. The molecule has 2 rings (SSSR count). The molecule has 1 aliphatic rings. The number of benzene rings is 1. The molecular formula is C17H27NO2. The number of rotatable bonds is 6. The van der Waals surface area contributed by atoms with Gasteiger partial charge in [0.1, 0.15) is 5.75 Å². The molecule has 112 valence electrons. The standard InChI is InChI=1S/C17H27NO2/c1-4-18-16(17(3)11-6-7-12-20-17)14-9-8-10-15(13-14)19-5-2/h8-10,13,16,18H,4-7,11-12H2,1-3H3. The molecule has 1 N–H and O–H groups in total. The van der Waals surface area contributed by atoms with Crippen molar-refractivity contribution in [3.8, 4) is 5.75 Å². The summed E-state index contributed by atoms with van der Waals surface area (Å²) in [5.41, 5.74) is 1.13. The Balaban J connectivity index is 2.25. The molecule has 20 heavy (non-hydrogen) atoms. The van der Waals surface area contributed by atoms with Gasteiger partial charge in [-0.15, -0.1) is 0 Å². The highest BCUT2D eigenvalue weighted by atomic mass is 16.5. The van der Waals surface area contributed by atoms with Gasteiger partial charge in [0.25, 0.3) is 0 Å². The van der Waals surface area contributed by atoms with E-state index in [1.54, 1.807) is 0 Å². The zero-order valence-electron chi connectivity index (χ0n) is 12.9. The summed E-state index contributed by atoms with van der Waals surface area (Å²) in [4.78, 5) is 0. The van der Waals surface area contributed by atoms with Crippen molar-refractivity contribution in [3.63, 3.8) is 0 Å². The van der Waals surface area contributed by atoms with Crippen molar-refractivity contribution in [1.82, 2.24) is 5.32 Å². The van der Waals surface area contributed by atoms with Crippen molar-refractivity contribution >= 4 is 0 Å². The van der Waals surface area contributed by atoms with Gasteiger partial charge in [0.2, 0.25) is 0 Å². The molecule has 1 aromatic carbocycles. The van der Waals surface area contributed by atoms with Crippen LogP contribution in [0.25, 0.3) is 0 Å². The van der Waals surface area contributed by atoms with Gasteiger partial charge in [-0.05, 0) is 57.4 Å². The normalized spacial score (nSPS) is 24.4. The van der Waals surface area contributed by atoms with Crippen LogP contribution in [0.1, 0.15) is 51.6 Å². The second-order valence-corrected chi connectivity index (χ2v) is 5.61. The van der Waals surface area contributed by atoms with Crippen LogP contribution in [0, 0.1) is 0 Å². The summed E-state index contributed by atoms with van der Waals surface area (Å²) in [6.45, 7) is 8.88. The molecule has 0 aliphatic carbocycles. The molecule has 1 heterocycles. The van der Waals surface area contributed by atoms with Gasteiger partial charge >= 0.3 is 0 Å². The Morgan fingerprint density at radius 2 is 2.20 bits per heavy atom. The minimum atomic E-state index is -0.126. The smallest absolute Gasteiger partial charge is 0.119 e. The molecule has 1 aliphatic heterocycles. The molecular weight excluding hydrogens is 250 g/mol. The zero-order valence-corrected chi connectivity index (χ0v) is 12.9. The first kappa shape index (κ1) is 15.3. The average Bonchev–Trinajstić information content (AvgIpc) is 2.46. The van der Waals surface area contributed by atoms with E-state index in [9.17, 15) is 0 Å². The van der Waals surface area contributed by atoms with Crippen molar-refractivity contribution in [2.45, 2.75) is 51.7 Å². The van der Waals surface area contributed by atoms with Crippen molar-refractivity contribution in [2.24, 2.45) is 0 Å². The largest absolute Gasteiger partial charge is 0.494 e. The minimum absolute atomic E-state index is 0.126. The molecule has 0 bridgehead atoms. The average molecular weight is 277 g/mol. The predicted octanol–water partition coefficient (Wildman–Crippen LogP) is 3.70. The van der Waals surface area contributed by atoms with E-state index in [0.29, 0.717) is 6.61 Å². The van der Waals surface area contributed by atoms with E-state index in [0.717, 1.165) is 25.3 Å². The van der Waals surface area contributed by atoms with Crippen molar-refractivity contribution in [2.75, 3.05) is 19.8 Å². The Morgan fingerprint density at radius 1 is 1.35 bits per heavy atom. The van der Waals surface area contributed by atoms with Crippen LogP contribution in [0.4, 0.5) is 0 Å². The molecule has 2 unspecified atom stereocenters. The van der Waals surface area contributed by atoms with Gasteiger partial charge in [-0.3, -0.25) is 0 Å². The molecule has 1 saturated heterocycles. The highest BCUT2D eigenvalue weighted by molar-refractivity contribution is 5.32. The summed E-state index contributed by atoms with van der Waals surface area (Å²) in [7, 11) is 0. The monoisotopic (exact) mass is 277 g/mol. The predicted molar refractivity (Wildman–Crippen MR) is 82.2 cm³/mol. The maximum atomic E-state index is 6.13. The summed E-state index contributed by atoms with van der Waals surface area (Å²) < 4.78 is 11.8. The number of hydrogen-bond donors (Lipinski definition) is 1. The summed E-state index contributed by atoms with van der Waals surface area (Å²) in [5, 5.41) is 3.60. The van der Waals surface area contributed by atoms with Crippen LogP contribution in [0.2, 0.25) is 0 Å². The van der Waals surface area contributed by atoms with Crippen LogP contribution in [-0.2, 0) is 4.74 Å². The van der Waals surface area contributed by atoms with Crippen LogP contribution < -0.4 is 10.1 Å². The maximum Gasteiger partial charge on any atom is 0.119 e. The third-order valence-corrected chi connectivity index (χ3v) is 4.02. The van der Waals surface area contributed by atoms with E-state index in [1.165, 1.54) is 18.4 Å². The van der Waals surface area contributed by atoms with E-state index in [2.05, 4.69) is 37.4 Å². The van der Waals surface area contributed by atoms with Gasteiger partial charge in [-0.25, -0.2) is 0 Å². The second kappa shape index (κ2) is 7.09. The lowest BCUT2D eigenvalue weighted by Gasteiger charge is -2.41. The Labute approximate surface area is 122 Å². The van der Waals surface area contributed by atoms with Crippen molar-refractivity contribution in [3.05, 3.63) is 29.8 Å². The van der Waals surface area contributed by atoms with Gasteiger partial charge < -0.3 is 14.8 Å². The first-order chi connectivity index (χ1) is 9.69. The molecule has 0 spiro atoms. The Morgan fingerprint density at radius 3 is 2.85 bits per heavy atom. The molecule has 1 fully saturated rings. The lowest BCUT2D eigenvalue weighted by atomic mass is 9.84. The third kappa shape index (κ3) is 3.53. The number of nitrogens with one attached hydrogen (secondary N) is 1. The molecule has 3 heteroatoms. The van der Waals surface area contributed by atoms with Crippen molar-refractivity contribution < 1.29 is 9.47 Å². The SMILES string of the molecule is CCNC(c1cccc(OCC)c1)C1(C)CCCCO1. The third-order valence-electron chi connectivity index (χ3n) is 4.02. The quantitative estimate of drug-likeness (QED) is 0.860. The van der Waals surface area contributed by atoms with Crippen LogP contribution >= 0.6 is 0 Å². The molecule has 0 radical (unpaired) electrons. The zero-order chi connectivity index (χ0) is 14.4.